The lowest BCUT2D eigenvalue weighted by atomic mass is 10.1. The molecule has 0 aliphatic rings. The molecule has 0 saturated heterocycles. The van der Waals surface area contributed by atoms with Crippen molar-refractivity contribution < 1.29 is 19.2 Å². The van der Waals surface area contributed by atoms with Crippen molar-refractivity contribution in [2.45, 2.75) is 0 Å². The molecular formula is C17H11ClN4O6. The summed E-state index contributed by atoms with van der Waals surface area (Å²) in [6.45, 7) is -0.688. The third kappa shape index (κ3) is 3.96. The van der Waals surface area contributed by atoms with Crippen LogP contribution in [0.25, 0.3) is 10.8 Å². The smallest absolute Gasteiger partial charge is 0.359 e. The number of hydrogen-bond donors (Lipinski definition) is 2. The molecule has 1 amide bonds. The summed E-state index contributed by atoms with van der Waals surface area (Å²) < 4.78 is 4.92. The standard InChI is InChI=1S/C17H11ClN4O6/c18-12-6-5-9(22(26)27)7-13(12)19-14(23)8-28-17(25)15-10-3-1-2-4-11(10)16(24)21-20-15/h1-7H,8H2,(H,19,23)(H,21,24). The molecule has 28 heavy (non-hydrogen) atoms. The van der Waals surface area contributed by atoms with Crippen LogP contribution in [0.15, 0.2) is 47.3 Å². The van der Waals surface area contributed by atoms with E-state index in [1.807, 2.05) is 0 Å². The van der Waals surface area contributed by atoms with Crippen LogP contribution in [0.3, 0.4) is 0 Å². The van der Waals surface area contributed by atoms with E-state index in [9.17, 15) is 24.5 Å². The van der Waals surface area contributed by atoms with E-state index in [1.165, 1.54) is 24.3 Å². The van der Waals surface area contributed by atoms with Crippen LogP contribution in [0.1, 0.15) is 10.5 Å². The summed E-state index contributed by atoms with van der Waals surface area (Å²) in [4.78, 5) is 46.1. The fourth-order valence-electron chi connectivity index (χ4n) is 2.38. The zero-order chi connectivity index (χ0) is 20.3. The summed E-state index contributed by atoms with van der Waals surface area (Å²) in [5, 5.41) is 19.6. The van der Waals surface area contributed by atoms with Gasteiger partial charge in [0.15, 0.2) is 12.3 Å². The third-order valence-corrected chi connectivity index (χ3v) is 3.99. The second kappa shape index (κ2) is 7.84. The fraction of sp³-hybridized carbons (Fsp3) is 0.0588. The minimum atomic E-state index is -0.923. The van der Waals surface area contributed by atoms with Crippen LogP contribution in [0.4, 0.5) is 11.4 Å². The van der Waals surface area contributed by atoms with Gasteiger partial charge in [-0.15, -0.1) is 0 Å². The van der Waals surface area contributed by atoms with Crippen LogP contribution < -0.4 is 10.9 Å². The maximum atomic E-state index is 12.2. The van der Waals surface area contributed by atoms with Gasteiger partial charge in [-0.25, -0.2) is 9.89 Å². The van der Waals surface area contributed by atoms with E-state index in [4.69, 9.17) is 16.3 Å². The number of fused-ring (bicyclic) bond motifs is 1. The zero-order valence-electron chi connectivity index (χ0n) is 14.0. The van der Waals surface area contributed by atoms with Crippen molar-refractivity contribution in [3.8, 4) is 0 Å². The minimum Gasteiger partial charge on any atom is -0.451 e. The number of rotatable bonds is 5. The van der Waals surface area contributed by atoms with E-state index >= 15 is 0 Å². The SMILES string of the molecule is O=C(COC(=O)c1n[nH]c(=O)c2ccccc12)Nc1cc([N+](=O)[O-])ccc1Cl. The Balaban J connectivity index is 1.71. The molecule has 1 heterocycles. The number of ether oxygens (including phenoxy) is 1. The lowest BCUT2D eigenvalue weighted by Crippen LogP contribution is -2.23. The van der Waals surface area contributed by atoms with Crippen LogP contribution in [-0.4, -0.2) is 33.6 Å². The highest BCUT2D eigenvalue weighted by Gasteiger charge is 2.18. The van der Waals surface area contributed by atoms with Crippen LogP contribution in [0, 0.1) is 10.1 Å². The molecule has 2 aromatic carbocycles. The van der Waals surface area contributed by atoms with Crippen molar-refractivity contribution in [2.24, 2.45) is 0 Å². The molecule has 3 aromatic rings. The number of non-ortho nitro benzene ring substituents is 1. The predicted molar refractivity (Wildman–Crippen MR) is 99.4 cm³/mol. The molecule has 142 valence electrons. The van der Waals surface area contributed by atoms with E-state index in [1.54, 1.807) is 12.1 Å². The van der Waals surface area contributed by atoms with E-state index in [0.29, 0.717) is 0 Å². The van der Waals surface area contributed by atoms with Gasteiger partial charge < -0.3 is 10.1 Å². The molecule has 0 spiro atoms. The molecule has 0 unspecified atom stereocenters. The summed E-state index contributed by atoms with van der Waals surface area (Å²) in [6, 6.07) is 9.82. The molecule has 11 heteroatoms. The van der Waals surface area contributed by atoms with Crippen LogP contribution >= 0.6 is 11.6 Å². The van der Waals surface area contributed by atoms with Gasteiger partial charge in [-0.05, 0) is 12.1 Å². The van der Waals surface area contributed by atoms with Crippen molar-refractivity contribution in [3.05, 3.63) is 73.6 Å². The quantitative estimate of drug-likeness (QED) is 0.378. The van der Waals surface area contributed by atoms with Crippen molar-refractivity contribution >= 4 is 45.6 Å². The van der Waals surface area contributed by atoms with Gasteiger partial charge in [-0.3, -0.25) is 19.7 Å². The van der Waals surface area contributed by atoms with Gasteiger partial charge in [-0.1, -0.05) is 29.8 Å². The first kappa shape index (κ1) is 19.0. The second-order valence-electron chi connectivity index (χ2n) is 5.49. The number of carbonyl (C=O) groups excluding carboxylic acids is 2. The predicted octanol–water partition coefficient (Wildman–Crippen LogP) is 2.28. The molecule has 0 saturated carbocycles. The average molecular weight is 403 g/mol. The van der Waals surface area contributed by atoms with Crippen molar-refractivity contribution in [1.29, 1.82) is 0 Å². The van der Waals surface area contributed by atoms with E-state index in [-0.39, 0.29) is 32.9 Å². The largest absolute Gasteiger partial charge is 0.451 e. The van der Waals surface area contributed by atoms with E-state index in [0.717, 1.165) is 6.07 Å². The van der Waals surface area contributed by atoms with Crippen LogP contribution in [0.2, 0.25) is 5.02 Å². The molecular weight excluding hydrogens is 392 g/mol. The Labute approximate surface area is 161 Å². The Morgan fingerprint density at radius 3 is 2.64 bits per heavy atom. The van der Waals surface area contributed by atoms with E-state index < -0.39 is 29.0 Å². The number of amides is 1. The van der Waals surface area contributed by atoms with Gasteiger partial charge in [0.2, 0.25) is 0 Å². The number of aromatic nitrogens is 2. The first-order valence-corrected chi connectivity index (χ1v) is 8.13. The maximum Gasteiger partial charge on any atom is 0.359 e. The molecule has 10 nitrogen and oxygen atoms in total. The van der Waals surface area contributed by atoms with Crippen LogP contribution in [-0.2, 0) is 9.53 Å². The van der Waals surface area contributed by atoms with Gasteiger partial charge in [0.05, 0.1) is 21.0 Å². The molecule has 0 fully saturated rings. The summed E-state index contributed by atoms with van der Waals surface area (Å²) >= 11 is 5.89. The van der Waals surface area contributed by atoms with Gasteiger partial charge in [-0.2, -0.15) is 5.10 Å². The molecule has 1 aromatic heterocycles. The highest BCUT2D eigenvalue weighted by molar-refractivity contribution is 6.33. The molecule has 0 atom stereocenters. The minimum absolute atomic E-state index is 0.00420. The number of nitrogens with one attached hydrogen (secondary N) is 2. The number of nitro groups is 1. The topological polar surface area (TPSA) is 144 Å². The molecule has 0 aliphatic carbocycles. The number of H-pyrrole nitrogens is 1. The van der Waals surface area contributed by atoms with Gasteiger partial charge in [0, 0.05) is 17.5 Å². The number of benzene rings is 2. The monoisotopic (exact) mass is 402 g/mol. The highest BCUT2D eigenvalue weighted by Crippen LogP contribution is 2.26. The Morgan fingerprint density at radius 2 is 1.93 bits per heavy atom. The van der Waals surface area contributed by atoms with Crippen molar-refractivity contribution in [3.63, 3.8) is 0 Å². The number of carbonyl (C=O) groups is 2. The van der Waals surface area contributed by atoms with Crippen molar-refractivity contribution in [1.82, 2.24) is 10.2 Å². The first-order valence-electron chi connectivity index (χ1n) is 7.75. The number of halogens is 1. The fourth-order valence-corrected chi connectivity index (χ4v) is 2.54. The number of esters is 1. The van der Waals surface area contributed by atoms with E-state index in [2.05, 4.69) is 15.5 Å². The number of nitro benzene ring substituents is 1. The normalized spacial score (nSPS) is 10.5. The molecule has 0 aliphatic heterocycles. The summed E-state index contributed by atoms with van der Waals surface area (Å²) in [5.41, 5.74) is -0.883. The summed E-state index contributed by atoms with van der Waals surface area (Å²) in [5.74, 6) is -1.68. The number of aromatic amines is 1. The molecule has 0 radical (unpaired) electrons. The molecule has 2 N–H and O–H groups in total. The Kier molecular flexibility index (Phi) is 5.32. The lowest BCUT2D eigenvalue weighted by molar-refractivity contribution is -0.384. The number of nitrogens with zero attached hydrogens (tertiary/aromatic N) is 2. The van der Waals surface area contributed by atoms with Crippen LogP contribution in [0.5, 0.6) is 0 Å². The highest BCUT2D eigenvalue weighted by atomic mass is 35.5. The van der Waals surface area contributed by atoms with Gasteiger partial charge in [0.1, 0.15) is 0 Å². The van der Waals surface area contributed by atoms with Gasteiger partial charge in [0.25, 0.3) is 17.2 Å². The lowest BCUT2D eigenvalue weighted by Gasteiger charge is -2.08. The zero-order valence-corrected chi connectivity index (χ0v) is 14.7. The second-order valence-corrected chi connectivity index (χ2v) is 5.90. The number of anilines is 1. The third-order valence-electron chi connectivity index (χ3n) is 3.66. The Bertz CT molecular complexity index is 1160. The molecule has 0 bridgehead atoms. The number of hydrogen-bond acceptors (Lipinski definition) is 7. The van der Waals surface area contributed by atoms with Gasteiger partial charge >= 0.3 is 5.97 Å². The Hall–Kier alpha value is -3.79. The Morgan fingerprint density at radius 1 is 1.21 bits per heavy atom. The van der Waals surface area contributed by atoms with Crippen molar-refractivity contribution in [2.75, 3.05) is 11.9 Å². The summed E-state index contributed by atoms with van der Waals surface area (Å²) in [6.07, 6.45) is 0. The maximum absolute atomic E-state index is 12.2. The average Bonchev–Trinajstić information content (AvgIpc) is 2.68. The summed E-state index contributed by atoms with van der Waals surface area (Å²) in [7, 11) is 0. The molecule has 3 rings (SSSR count). The first-order chi connectivity index (χ1) is 13.4.